The van der Waals surface area contributed by atoms with Crippen molar-refractivity contribution in [1.29, 1.82) is 0 Å². The predicted octanol–water partition coefficient (Wildman–Crippen LogP) is 2.14. The van der Waals surface area contributed by atoms with E-state index in [1.165, 1.54) is 6.26 Å². The van der Waals surface area contributed by atoms with Crippen molar-refractivity contribution < 1.29 is 17.6 Å². The molecule has 2 heterocycles. The van der Waals surface area contributed by atoms with E-state index in [1.807, 2.05) is 25.1 Å². The van der Waals surface area contributed by atoms with Crippen molar-refractivity contribution in [3.8, 4) is 0 Å². The van der Waals surface area contributed by atoms with Gasteiger partial charge in [0.25, 0.3) is 6.01 Å². The first kappa shape index (κ1) is 15.3. The average Bonchev–Trinajstić information content (AvgIpc) is 2.87. The van der Waals surface area contributed by atoms with Crippen molar-refractivity contribution in [2.75, 3.05) is 31.3 Å². The molecule has 6 nitrogen and oxygen atoms in total. The first-order chi connectivity index (χ1) is 10.4. The molecule has 22 heavy (non-hydrogen) atoms. The summed E-state index contributed by atoms with van der Waals surface area (Å²) in [7, 11) is -3.21. The van der Waals surface area contributed by atoms with Crippen LogP contribution in [0.25, 0.3) is 11.1 Å². The fourth-order valence-corrected chi connectivity index (χ4v) is 4.01. The van der Waals surface area contributed by atoms with Gasteiger partial charge in [0.15, 0.2) is 15.4 Å². The van der Waals surface area contributed by atoms with Crippen LogP contribution in [0.5, 0.6) is 0 Å². The Morgan fingerprint density at radius 3 is 2.73 bits per heavy atom. The lowest BCUT2D eigenvalue weighted by Gasteiger charge is -2.35. The number of sulfone groups is 1. The first-order valence-electron chi connectivity index (χ1n) is 7.28. The van der Waals surface area contributed by atoms with Crippen molar-refractivity contribution in [1.82, 2.24) is 4.98 Å². The second kappa shape index (κ2) is 5.55. The maximum atomic E-state index is 12.2. The van der Waals surface area contributed by atoms with Gasteiger partial charge < -0.3 is 14.5 Å². The van der Waals surface area contributed by atoms with Gasteiger partial charge >= 0.3 is 0 Å². The molecule has 0 unspecified atom stereocenters. The van der Waals surface area contributed by atoms with Crippen LogP contribution >= 0.6 is 0 Å². The summed E-state index contributed by atoms with van der Waals surface area (Å²) in [6.07, 6.45) is 2.26. The Morgan fingerprint density at radius 2 is 2.05 bits per heavy atom. The number of oxazole rings is 1. The second-order valence-corrected chi connectivity index (χ2v) is 8.32. The maximum Gasteiger partial charge on any atom is 0.295 e. The topological polar surface area (TPSA) is 81.4 Å². The van der Waals surface area contributed by atoms with Crippen LogP contribution in [0.2, 0.25) is 0 Å². The van der Waals surface area contributed by atoms with Crippen molar-refractivity contribution >= 4 is 27.0 Å². The van der Waals surface area contributed by atoms with Gasteiger partial charge in [0, 0.05) is 26.0 Å². The van der Waals surface area contributed by atoms with E-state index in [0.29, 0.717) is 37.7 Å². The third-order valence-corrected chi connectivity index (χ3v) is 6.42. The fraction of sp³-hybridized carbons (Fsp3) is 0.533. The van der Waals surface area contributed by atoms with Crippen molar-refractivity contribution in [3.05, 3.63) is 23.8 Å². The molecule has 120 valence electrons. The number of nitrogens with zero attached hydrogens (tertiary/aromatic N) is 1. The van der Waals surface area contributed by atoms with Crippen LogP contribution in [-0.4, -0.2) is 44.2 Å². The smallest absolute Gasteiger partial charge is 0.295 e. The Balaban J connectivity index is 1.81. The number of anilines is 1. The van der Waals surface area contributed by atoms with Gasteiger partial charge in [-0.05, 0) is 37.5 Å². The Kier molecular flexibility index (Phi) is 3.86. The molecule has 1 N–H and O–H groups in total. The van der Waals surface area contributed by atoms with E-state index in [-0.39, 0.29) is 6.54 Å². The van der Waals surface area contributed by atoms with Crippen LogP contribution in [0.1, 0.15) is 18.4 Å². The SMILES string of the molecule is Cc1ccc2oc(NCC3(S(C)(=O)=O)CCOCC3)nc2c1. The van der Waals surface area contributed by atoms with Gasteiger partial charge in [-0.2, -0.15) is 4.98 Å². The van der Waals surface area contributed by atoms with E-state index < -0.39 is 14.6 Å². The number of benzene rings is 1. The lowest BCUT2D eigenvalue weighted by molar-refractivity contribution is 0.0775. The van der Waals surface area contributed by atoms with Crippen LogP contribution in [-0.2, 0) is 14.6 Å². The van der Waals surface area contributed by atoms with E-state index in [0.717, 1.165) is 11.1 Å². The van der Waals surface area contributed by atoms with E-state index in [1.54, 1.807) is 0 Å². The number of aromatic nitrogens is 1. The minimum absolute atomic E-state index is 0.279. The number of hydrogen-bond acceptors (Lipinski definition) is 6. The zero-order chi connectivity index (χ0) is 15.8. The molecule has 3 rings (SSSR count). The Bertz CT molecular complexity index is 776. The van der Waals surface area contributed by atoms with Gasteiger partial charge in [-0.3, -0.25) is 0 Å². The van der Waals surface area contributed by atoms with Crippen LogP contribution in [0.15, 0.2) is 22.6 Å². The molecule has 0 amide bonds. The molecule has 0 bridgehead atoms. The lowest BCUT2D eigenvalue weighted by Crippen LogP contribution is -2.48. The standard InChI is InChI=1S/C15H20N2O4S/c1-11-3-4-13-12(9-11)17-14(21-13)16-10-15(22(2,18)19)5-7-20-8-6-15/h3-4,9H,5-8,10H2,1-2H3,(H,16,17). The number of ether oxygens (including phenoxy) is 1. The third-order valence-electron chi connectivity index (χ3n) is 4.30. The highest BCUT2D eigenvalue weighted by Crippen LogP contribution is 2.30. The van der Waals surface area contributed by atoms with E-state index >= 15 is 0 Å². The summed E-state index contributed by atoms with van der Waals surface area (Å²) in [5.74, 6) is 0. The molecule has 1 fully saturated rings. The normalized spacial score (nSPS) is 18.5. The highest BCUT2D eigenvalue weighted by atomic mass is 32.2. The molecule has 0 radical (unpaired) electrons. The van der Waals surface area contributed by atoms with Crippen LogP contribution in [0, 0.1) is 6.92 Å². The zero-order valence-electron chi connectivity index (χ0n) is 12.8. The molecule has 7 heteroatoms. The minimum Gasteiger partial charge on any atom is -0.424 e. The number of fused-ring (bicyclic) bond motifs is 1. The largest absolute Gasteiger partial charge is 0.424 e. The number of nitrogens with one attached hydrogen (secondary N) is 1. The molecule has 2 aromatic rings. The number of rotatable bonds is 4. The molecular formula is C15H20N2O4S. The third kappa shape index (κ3) is 2.83. The molecule has 1 aliphatic rings. The average molecular weight is 324 g/mol. The van der Waals surface area contributed by atoms with Crippen LogP contribution in [0.3, 0.4) is 0 Å². The van der Waals surface area contributed by atoms with Gasteiger partial charge in [0.05, 0.1) is 4.75 Å². The Hall–Kier alpha value is -1.60. The molecule has 0 aliphatic carbocycles. The zero-order valence-corrected chi connectivity index (χ0v) is 13.6. The van der Waals surface area contributed by atoms with E-state index in [4.69, 9.17) is 9.15 Å². The summed E-state index contributed by atoms with van der Waals surface area (Å²) in [4.78, 5) is 4.37. The summed E-state index contributed by atoms with van der Waals surface area (Å²) in [6, 6.07) is 6.11. The van der Waals surface area contributed by atoms with Crippen LogP contribution in [0.4, 0.5) is 6.01 Å². The highest BCUT2D eigenvalue weighted by Gasteiger charge is 2.42. The van der Waals surface area contributed by atoms with Crippen LogP contribution < -0.4 is 5.32 Å². The molecule has 0 atom stereocenters. The molecule has 1 saturated heterocycles. The Morgan fingerprint density at radius 1 is 1.32 bits per heavy atom. The summed E-state index contributed by atoms with van der Waals surface area (Å²) in [5, 5.41) is 3.06. The minimum atomic E-state index is -3.21. The summed E-state index contributed by atoms with van der Waals surface area (Å²) in [6.45, 7) is 3.19. The summed E-state index contributed by atoms with van der Waals surface area (Å²) in [5.41, 5.74) is 2.56. The Labute approximate surface area is 129 Å². The molecule has 1 aromatic carbocycles. The van der Waals surface area contributed by atoms with Gasteiger partial charge in [-0.15, -0.1) is 0 Å². The fourth-order valence-electron chi connectivity index (χ4n) is 2.77. The lowest BCUT2D eigenvalue weighted by atomic mass is 9.99. The molecule has 0 saturated carbocycles. The van der Waals surface area contributed by atoms with Gasteiger partial charge in [0.1, 0.15) is 5.52 Å². The molecular weight excluding hydrogens is 304 g/mol. The maximum absolute atomic E-state index is 12.2. The van der Waals surface area contributed by atoms with E-state index in [2.05, 4.69) is 10.3 Å². The summed E-state index contributed by atoms with van der Waals surface area (Å²) >= 11 is 0. The number of hydrogen-bond donors (Lipinski definition) is 1. The van der Waals surface area contributed by atoms with Gasteiger partial charge in [-0.25, -0.2) is 8.42 Å². The molecule has 0 spiro atoms. The quantitative estimate of drug-likeness (QED) is 0.928. The van der Waals surface area contributed by atoms with Gasteiger partial charge in [0.2, 0.25) is 0 Å². The van der Waals surface area contributed by atoms with E-state index in [9.17, 15) is 8.42 Å². The highest BCUT2D eigenvalue weighted by molar-refractivity contribution is 7.92. The molecule has 1 aromatic heterocycles. The second-order valence-electron chi connectivity index (χ2n) is 5.91. The number of aryl methyl sites for hydroxylation is 1. The van der Waals surface area contributed by atoms with Crippen molar-refractivity contribution in [2.45, 2.75) is 24.5 Å². The molecule has 1 aliphatic heterocycles. The summed E-state index contributed by atoms with van der Waals surface area (Å²) < 4.78 is 34.5. The monoisotopic (exact) mass is 324 g/mol. The van der Waals surface area contributed by atoms with Crippen molar-refractivity contribution in [3.63, 3.8) is 0 Å². The van der Waals surface area contributed by atoms with Crippen molar-refractivity contribution in [2.24, 2.45) is 0 Å². The van der Waals surface area contributed by atoms with Gasteiger partial charge in [-0.1, -0.05) is 6.07 Å². The predicted molar refractivity (Wildman–Crippen MR) is 84.9 cm³/mol. The first-order valence-corrected chi connectivity index (χ1v) is 9.17.